The summed E-state index contributed by atoms with van der Waals surface area (Å²) in [7, 11) is 1.44. The molecule has 0 aliphatic carbocycles. The number of carbonyl (C=O) groups is 1. The summed E-state index contributed by atoms with van der Waals surface area (Å²) in [6, 6.07) is 10.4. The summed E-state index contributed by atoms with van der Waals surface area (Å²) < 4.78 is 20.6. The van der Waals surface area contributed by atoms with E-state index in [4.69, 9.17) is 13.9 Å². The lowest BCUT2D eigenvalue weighted by Gasteiger charge is -2.37. The maximum Gasteiger partial charge on any atom is 0.351 e. The molecule has 1 amide bonds. The van der Waals surface area contributed by atoms with Gasteiger partial charge in [-0.3, -0.25) is 9.36 Å². The summed E-state index contributed by atoms with van der Waals surface area (Å²) in [5.41, 5.74) is -0.00657. The molecule has 0 spiro atoms. The number of carbonyl (C=O) groups excluding carboxylic acids is 1. The van der Waals surface area contributed by atoms with Crippen LogP contribution in [0.3, 0.4) is 0 Å². The van der Waals surface area contributed by atoms with E-state index in [0.717, 1.165) is 0 Å². The van der Waals surface area contributed by atoms with Gasteiger partial charge in [-0.15, -0.1) is 0 Å². The molecular weight excluding hydrogens is 539 g/mol. The van der Waals surface area contributed by atoms with Crippen molar-refractivity contribution in [3.63, 3.8) is 0 Å². The Balaban J connectivity index is 1.70. The Labute approximate surface area is 235 Å². The van der Waals surface area contributed by atoms with Crippen molar-refractivity contribution in [2.45, 2.75) is 89.3 Å². The number of nitrogens with one attached hydrogen (secondary N) is 1. The van der Waals surface area contributed by atoms with E-state index in [2.05, 4.69) is 64.9 Å². The molecule has 0 saturated carbocycles. The fourth-order valence-corrected chi connectivity index (χ4v) is 6.52. The monoisotopic (exact) mass is 579 g/mol. The van der Waals surface area contributed by atoms with Gasteiger partial charge >= 0.3 is 5.69 Å². The van der Waals surface area contributed by atoms with Gasteiger partial charge in [0.2, 0.25) is 0 Å². The highest BCUT2D eigenvalue weighted by Gasteiger charge is 2.42. The number of nitrogens with zero attached hydrogens (tertiary/aromatic N) is 2. The zero-order chi connectivity index (χ0) is 28.1. The summed E-state index contributed by atoms with van der Waals surface area (Å²) in [6.45, 7) is 17.9. The van der Waals surface area contributed by atoms with E-state index >= 15 is 0 Å². The van der Waals surface area contributed by atoms with Crippen LogP contribution in [-0.2, 0) is 13.9 Å². The molecule has 1 aromatic heterocycles. The van der Waals surface area contributed by atoms with Gasteiger partial charge in [0.25, 0.3) is 5.91 Å². The van der Waals surface area contributed by atoms with E-state index in [1.165, 1.54) is 4.57 Å². The molecule has 210 valence electrons. The molecule has 1 N–H and O–H groups in total. The molecule has 1 aromatic carbocycles. The second-order valence-electron chi connectivity index (χ2n) is 11.9. The maximum atomic E-state index is 12.9. The van der Waals surface area contributed by atoms with Crippen LogP contribution in [0.25, 0.3) is 0 Å². The van der Waals surface area contributed by atoms with E-state index in [9.17, 15) is 9.59 Å². The Hall–Kier alpha value is -1.63. The summed E-state index contributed by atoms with van der Waals surface area (Å²) in [4.78, 5) is 29.4. The van der Waals surface area contributed by atoms with E-state index in [1.54, 1.807) is 58.1 Å². The first-order chi connectivity index (χ1) is 17.7. The van der Waals surface area contributed by atoms with Crippen LogP contribution in [0.1, 0.15) is 64.5 Å². The Morgan fingerprint density at radius 1 is 1.16 bits per heavy atom. The van der Waals surface area contributed by atoms with Crippen LogP contribution in [0.4, 0.5) is 5.82 Å². The van der Waals surface area contributed by atoms with Gasteiger partial charge in [0.05, 0.1) is 12.7 Å². The van der Waals surface area contributed by atoms with Crippen LogP contribution in [0.5, 0.6) is 0 Å². The fourth-order valence-electron chi connectivity index (χ4n) is 3.50. The van der Waals surface area contributed by atoms with E-state index < -0.39 is 20.2 Å². The number of benzene rings is 1. The van der Waals surface area contributed by atoms with Gasteiger partial charge in [-0.1, -0.05) is 81.3 Å². The number of ether oxygens (including phenoxy) is 2. The topological polar surface area (TPSA) is 91.7 Å². The van der Waals surface area contributed by atoms with Gasteiger partial charge in [0.1, 0.15) is 24.1 Å². The largest absolute Gasteiger partial charge is 0.414 e. The molecule has 11 heteroatoms. The Morgan fingerprint density at radius 3 is 2.45 bits per heavy atom. The average molecular weight is 580 g/mol. The highest BCUT2D eigenvalue weighted by Crippen LogP contribution is 2.39. The van der Waals surface area contributed by atoms with Crippen molar-refractivity contribution >= 4 is 41.6 Å². The number of aromatic nitrogens is 2. The van der Waals surface area contributed by atoms with Crippen molar-refractivity contribution < 1.29 is 18.7 Å². The second-order valence-corrected chi connectivity index (χ2v) is 19.8. The SMILES string of the molecule is CC(C)(C)SSCO[C@@H]1C[C@H](n2ccc(NC(=O)c3ccccc3)nc2=O)O[C@@H]1CO[Si](C)(C)C(C)(C)C. The molecule has 8 nitrogen and oxygen atoms in total. The lowest BCUT2D eigenvalue weighted by atomic mass is 10.2. The minimum atomic E-state index is -1.99. The van der Waals surface area contributed by atoms with Crippen molar-refractivity contribution in [1.82, 2.24) is 9.55 Å². The van der Waals surface area contributed by atoms with E-state index in [-0.39, 0.29) is 33.7 Å². The van der Waals surface area contributed by atoms with Crippen molar-refractivity contribution in [1.29, 1.82) is 0 Å². The summed E-state index contributed by atoms with van der Waals surface area (Å²) >= 11 is 0. The molecule has 1 aliphatic heterocycles. The lowest BCUT2D eigenvalue weighted by Crippen LogP contribution is -2.44. The normalized spacial score (nSPS) is 20.5. The van der Waals surface area contributed by atoms with Crippen LogP contribution in [0, 0.1) is 0 Å². The van der Waals surface area contributed by atoms with E-state index in [0.29, 0.717) is 24.5 Å². The predicted octanol–water partition coefficient (Wildman–Crippen LogP) is 6.33. The lowest BCUT2D eigenvalue weighted by molar-refractivity contribution is -0.0527. The Morgan fingerprint density at radius 2 is 1.84 bits per heavy atom. The summed E-state index contributed by atoms with van der Waals surface area (Å²) in [5.74, 6) is 0.380. The smallest absolute Gasteiger partial charge is 0.351 e. The minimum Gasteiger partial charge on any atom is -0.414 e. The third-order valence-corrected chi connectivity index (χ3v) is 14.1. The van der Waals surface area contributed by atoms with Gasteiger partial charge in [-0.2, -0.15) is 4.98 Å². The Kier molecular flexibility index (Phi) is 10.3. The standard InChI is InChI=1S/C27H41N3O5S2Si/c1-26(2,3)37-36-18-33-20-16-23(35-21(20)17-34-38(7,8)27(4,5)6)30-15-14-22(29-25(30)32)28-24(31)19-12-10-9-11-13-19/h9-15,20-21,23H,16-18H2,1-8H3,(H,28,29,31,32)/t20-,21-,23-/m1/s1. The molecule has 3 atom stereocenters. The van der Waals surface area contributed by atoms with Gasteiger partial charge in [0, 0.05) is 22.9 Å². The van der Waals surface area contributed by atoms with Crippen LogP contribution in [0.2, 0.25) is 18.1 Å². The molecule has 1 aliphatic rings. The minimum absolute atomic E-state index is 0.0709. The first-order valence-corrected chi connectivity index (χ1v) is 18.1. The number of hydrogen-bond donors (Lipinski definition) is 1. The van der Waals surface area contributed by atoms with Crippen molar-refractivity contribution in [2.24, 2.45) is 0 Å². The number of anilines is 1. The molecular formula is C27H41N3O5S2Si. The van der Waals surface area contributed by atoms with E-state index in [1.807, 2.05) is 6.07 Å². The zero-order valence-corrected chi connectivity index (χ0v) is 26.3. The van der Waals surface area contributed by atoms with Crippen LogP contribution >= 0.6 is 21.6 Å². The molecule has 2 aromatic rings. The molecule has 2 heterocycles. The Bertz CT molecular complexity index is 1130. The molecule has 38 heavy (non-hydrogen) atoms. The molecule has 0 radical (unpaired) electrons. The predicted molar refractivity (Wildman–Crippen MR) is 159 cm³/mol. The highest BCUT2D eigenvalue weighted by atomic mass is 33.1. The number of hydrogen-bond acceptors (Lipinski definition) is 8. The highest BCUT2D eigenvalue weighted by molar-refractivity contribution is 8.77. The molecule has 0 bridgehead atoms. The van der Waals surface area contributed by atoms with Crippen LogP contribution in [-0.4, -0.2) is 53.3 Å². The van der Waals surface area contributed by atoms with Crippen LogP contribution < -0.4 is 11.0 Å². The molecule has 1 saturated heterocycles. The number of amides is 1. The average Bonchev–Trinajstić information content (AvgIpc) is 3.22. The zero-order valence-electron chi connectivity index (χ0n) is 23.6. The quantitative estimate of drug-likeness (QED) is 0.151. The molecule has 0 unspecified atom stereocenters. The first kappa shape index (κ1) is 30.9. The van der Waals surface area contributed by atoms with Crippen LogP contribution in [0.15, 0.2) is 47.4 Å². The van der Waals surface area contributed by atoms with Gasteiger partial charge in [-0.25, -0.2) is 4.79 Å². The molecule has 1 fully saturated rings. The number of rotatable bonds is 10. The maximum absolute atomic E-state index is 12.9. The second kappa shape index (κ2) is 12.7. The summed E-state index contributed by atoms with van der Waals surface area (Å²) in [5, 5.41) is 2.75. The van der Waals surface area contributed by atoms with Crippen molar-refractivity contribution in [3.05, 3.63) is 58.6 Å². The van der Waals surface area contributed by atoms with Gasteiger partial charge < -0.3 is 19.2 Å². The summed E-state index contributed by atoms with van der Waals surface area (Å²) in [6.07, 6.45) is 1.05. The van der Waals surface area contributed by atoms with Gasteiger partial charge in [0.15, 0.2) is 8.32 Å². The third-order valence-electron chi connectivity index (χ3n) is 6.65. The molecule has 3 rings (SSSR count). The van der Waals surface area contributed by atoms with Gasteiger partial charge in [-0.05, 0) is 36.3 Å². The van der Waals surface area contributed by atoms with Crippen molar-refractivity contribution in [3.8, 4) is 0 Å². The fraction of sp³-hybridized carbons (Fsp3) is 0.593. The first-order valence-electron chi connectivity index (χ1n) is 12.8. The third kappa shape index (κ3) is 8.69. The van der Waals surface area contributed by atoms with Crippen molar-refractivity contribution in [2.75, 3.05) is 17.9 Å².